The van der Waals surface area contributed by atoms with Crippen LogP contribution in [0.15, 0.2) is 0 Å². The molecule has 0 radical (unpaired) electrons. The second-order valence-corrected chi connectivity index (χ2v) is 12.0. The number of nitrogens with zero attached hydrogens (tertiary/aromatic N) is 1. The number of β-lactam (4-membered cyclic amide) rings is 1. The molecule has 1 amide bonds. The molecule has 0 saturated carbocycles. The van der Waals surface area contributed by atoms with Crippen molar-refractivity contribution in [3.05, 3.63) is 0 Å². The molecule has 0 aliphatic carbocycles. The fourth-order valence-corrected chi connectivity index (χ4v) is 3.70. The first-order chi connectivity index (χ1) is 9.92. The molecule has 0 aromatic heterocycles. The van der Waals surface area contributed by atoms with E-state index in [1.807, 2.05) is 6.92 Å². The van der Waals surface area contributed by atoms with Crippen LogP contribution in [-0.4, -0.2) is 44.0 Å². The quantitative estimate of drug-likeness (QED) is 0.337. The molecule has 6 heteroatoms. The highest BCUT2D eigenvalue weighted by atomic mass is 28.4. The second kappa shape index (κ2) is 6.43. The average Bonchev–Trinajstić information content (AvgIpc) is 2.32. The highest BCUT2D eigenvalue weighted by Crippen LogP contribution is 2.40. The minimum absolute atomic E-state index is 0.0451. The van der Waals surface area contributed by atoms with E-state index in [1.54, 1.807) is 0 Å². The van der Waals surface area contributed by atoms with Crippen LogP contribution in [0.25, 0.3) is 0 Å². The number of hydrogen-bond donors (Lipinski definition) is 0. The normalized spacial score (nSPS) is 23.5. The Bertz CT molecular complexity index is 489. The molecule has 22 heavy (non-hydrogen) atoms. The molecular formula is C16H27NO4Si. The van der Waals surface area contributed by atoms with Crippen molar-refractivity contribution in [1.82, 2.24) is 4.90 Å². The number of carbonyl (C=O) groups is 2. The lowest BCUT2D eigenvalue weighted by Gasteiger charge is -2.49. The van der Waals surface area contributed by atoms with Crippen LogP contribution in [0.1, 0.15) is 34.6 Å². The summed E-state index contributed by atoms with van der Waals surface area (Å²) in [5.41, 5.74) is 0. The first-order valence-electron chi connectivity index (χ1n) is 7.51. The topological polar surface area (TPSA) is 55.8 Å². The van der Waals surface area contributed by atoms with Gasteiger partial charge in [-0.2, -0.15) is 0 Å². The molecule has 5 nitrogen and oxygen atoms in total. The molecule has 1 fully saturated rings. The summed E-state index contributed by atoms with van der Waals surface area (Å²) in [6, 6.07) is 0. The third-order valence-corrected chi connectivity index (χ3v) is 9.10. The zero-order valence-corrected chi connectivity index (χ0v) is 15.6. The molecule has 0 N–H and O–H groups in total. The number of amides is 1. The van der Waals surface area contributed by atoms with Gasteiger partial charge in [0.15, 0.2) is 14.5 Å². The number of terminal acetylenes is 1. The predicted octanol–water partition coefficient (Wildman–Crippen LogP) is 2.38. The van der Waals surface area contributed by atoms with E-state index in [4.69, 9.17) is 15.6 Å². The lowest BCUT2D eigenvalue weighted by molar-refractivity contribution is -0.203. The van der Waals surface area contributed by atoms with Crippen molar-refractivity contribution in [3.8, 4) is 12.3 Å². The van der Waals surface area contributed by atoms with Gasteiger partial charge in [-0.05, 0) is 25.1 Å². The molecule has 0 aromatic carbocycles. The van der Waals surface area contributed by atoms with Gasteiger partial charge in [-0.15, -0.1) is 6.42 Å². The predicted molar refractivity (Wildman–Crippen MR) is 87.3 cm³/mol. The zero-order chi connectivity index (χ0) is 17.3. The molecule has 0 spiro atoms. The molecule has 1 rings (SSSR count). The summed E-state index contributed by atoms with van der Waals surface area (Å²) in [6.45, 7) is 14.0. The Morgan fingerprint density at radius 3 is 2.41 bits per heavy atom. The van der Waals surface area contributed by atoms with Gasteiger partial charge in [0.2, 0.25) is 5.91 Å². The smallest absolute Gasteiger partial charge is 0.304 e. The molecule has 0 bridgehead atoms. The van der Waals surface area contributed by atoms with Gasteiger partial charge in [0, 0.05) is 6.92 Å². The van der Waals surface area contributed by atoms with Crippen LogP contribution in [0.5, 0.6) is 0 Å². The summed E-state index contributed by atoms with van der Waals surface area (Å²) in [4.78, 5) is 25.0. The van der Waals surface area contributed by atoms with Crippen LogP contribution in [0.2, 0.25) is 18.1 Å². The van der Waals surface area contributed by atoms with Crippen molar-refractivity contribution in [2.24, 2.45) is 5.92 Å². The third-order valence-electron chi connectivity index (χ3n) is 4.52. The van der Waals surface area contributed by atoms with Crippen molar-refractivity contribution in [2.75, 3.05) is 6.54 Å². The van der Waals surface area contributed by atoms with Crippen LogP contribution in [0, 0.1) is 18.3 Å². The van der Waals surface area contributed by atoms with E-state index in [0.717, 1.165) is 0 Å². The molecule has 0 aromatic rings. The maximum Gasteiger partial charge on any atom is 0.304 e. The standard InChI is InChI=1S/C16H27NO4Si/c1-9-10-17-14(19)13(15(17)20-12(3)18)11(2)21-22(7,8)16(4,5)6/h1,11,13,15H,10H2,2-8H3/t11-,13+,15-/m1/s1. The largest absolute Gasteiger partial charge is 0.441 e. The highest BCUT2D eigenvalue weighted by Gasteiger charge is 2.54. The molecule has 1 aliphatic heterocycles. The van der Waals surface area contributed by atoms with E-state index in [9.17, 15) is 9.59 Å². The van der Waals surface area contributed by atoms with E-state index in [2.05, 4.69) is 39.8 Å². The monoisotopic (exact) mass is 325 g/mol. The van der Waals surface area contributed by atoms with E-state index in [0.29, 0.717) is 0 Å². The summed E-state index contributed by atoms with van der Waals surface area (Å²) in [5, 5.41) is 0.0451. The average molecular weight is 325 g/mol. The summed E-state index contributed by atoms with van der Waals surface area (Å²) in [5.74, 6) is 1.39. The van der Waals surface area contributed by atoms with E-state index >= 15 is 0 Å². The van der Waals surface area contributed by atoms with Crippen LogP contribution in [0.4, 0.5) is 0 Å². The van der Waals surface area contributed by atoms with Gasteiger partial charge in [0.05, 0.1) is 12.6 Å². The van der Waals surface area contributed by atoms with Gasteiger partial charge < -0.3 is 9.16 Å². The fraction of sp³-hybridized carbons (Fsp3) is 0.750. The van der Waals surface area contributed by atoms with Crippen molar-refractivity contribution in [1.29, 1.82) is 0 Å². The summed E-state index contributed by atoms with van der Waals surface area (Å²) in [7, 11) is -2.00. The molecule has 0 unspecified atom stereocenters. The second-order valence-electron chi connectivity index (χ2n) is 7.28. The Balaban J connectivity index is 2.87. The minimum Gasteiger partial charge on any atom is -0.441 e. The van der Waals surface area contributed by atoms with Gasteiger partial charge in [0.25, 0.3) is 0 Å². The van der Waals surface area contributed by atoms with E-state index in [1.165, 1.54) is 11.8 Å². The Kier molecular flexibility index (Phi) is 5.47. The molecule has 1 aliphatic rings. The first kappa shape index (κ1) is 18.7. The number of rotatable bonds is 5. The maximum atomic E-state index is 12.3. The van der Waals surface area contributed by atoms with Gasteiger partial charge in [-0.1, -0.05) is 26.7 Å². The van der Waals surface area contributed by atoms with Crippen LogP contribution in [0.3, 0.4) is 0 Å². The summed E-state index contributed by atoms with van der Waals surface area (Å²) in [6.07, 6.45) is 4.33. The van der Waals surface area contributed by atoms with E-state index < -0.39 is 26.4 Å². The van der Waals surface area contributed by atoms with Gasteiger partial charge in [-0.25, -0.2) is 0 Å². The highest BCUT2D eigenvalue weighted by molar-refractivity contribution is 6.74. The van der Waals surface area contributed by atoms with Crippen molar-refractivity contribution in [3.63, 3.8) is 0 Å². The summed E-state index contributed by atoms with van der Waals surface area (Å²) >= 11 is 0. The lowest BCUT2D eigenvalue weighted by atomic mass is 9.90. The van der Waals surface area contributed by atoms with Crippen molar-refractivity contribution < 1.29 is 18.8 Å². The minimum atomic E-state index is -2.00. The van der Waals surface area contributed by atoms with Crippen molar-refractivity contribution in [2.45, 2.75) is 65.1 Å². The van der Waals surface area contributed by atoms with Gasteiger partial charge in [0.1, 0.15) is 5.92 Å². The fourth-order valence-electron chi connectivity index (χ4n) is 2.27. The Morgan fingerprint density at radius 1 is 1.45 bits per heavy atom. The molecular weight excluding hydrogens is 298 g/mol. The number of ether oxygens (including phenoxy) is 1. The van der Waals surface area contributed by atoms with Crippen LogP contribution < -0.4 is 0 Å². The van der Waals surface area contributed by atoms with Gasteiger partial charge in [-0.3, -0.25) is 14.5 Å². The summed E-state index contributed by atoms with van der Waals surface area (Å²) < 4.78 is 11.5. The number of esters is 1. The number of hydrogen-bond acceptors (Lipinski definition) is 4. The van der Waals surface area contributed by atoms with Gasteiger partial charge >= 0.3 is 5.97 Å². The van der Waals surface area contributed by atoms with Crippen LogP contribution in [-0.2, 0) is 18.8 Å². The third kappa shape index (κ3) is 3.71. The molecule has 1 saturated heterocycles. The molecule has 1 heterocycles. The number of likely N-dealkylation sites (tertiary alicyclic amines) is 1. The Labute approximate surface area is 134 Å². The first-order valence-corrected chi connectivity index (χ1v) is 10.4. The van der Waals surface area contributed by atoms with Crippen LogP contribution >= 0.6 is 0 Å². The maximum absolute atomic E-state index is 12.3. The lowest BCUT2D eigenvalue weighted by Crippen LogP contribution is -2.66. The Hall–Kier alpha value is -1.32. The zero-order valence-electron chi connectivity index (χ0n) is 14.6. The molecule has 3 atom stereocenters. The molecule has 124 valence electrons. The number of carbonyl (C=O) groups excluding carboxylic acids is 2. The SMILES string of the molecule is C#CCN1C(=O)[C@H]([C@@H](C)O[Si](C)(C)C(C)(C)C)[C@H]1OC(C)=O. The van der Waals surface area contributed by atoms with Crippen molar-refractivity contribution >= 4 is 20.2 Å². The van der Waals surface area contributed by atoms with E-state index in [-0.39, 0.29) is 23.6 Å². The Morgan fingerprint density at radius 2 is 2.00 bits per heavy atom.